The van der Waals surface area contributed by atoms with Gasteiger partial charge >= 0.3 is 46.4 Å². The van der Waals surface area contributed by atoms with Gasteiger partial charge in [-0.05, 0) is 181 Å². The van der Waals surface area contributed by atoms with E-state index < -0.39 is 0 Å². The Kier molecular flexibility index (Phi) is 25.8. The molecule has 0 atom stereocenters. The Morgan fingerprint density at radius 1 is 0.457 bits per heavy atom. The summed E-state index contributed by atoms with van der Waals surface area (Å²) in [4.78, 5) is 45.1. The van der Waals surface area contributed by atoms with Crippen molar-refractivity contribution in [3.63, 3.8) is 0 Å². The van der Waals surface area contributed by atoms with E-state index in [1.54, 1.807) is 18.2 Å². The number of nitrogens with zero attached hydrogens (tertiary/aromatic N) is 4. The van der Waals surface area contributed by atoms with Gasteiger partial charge in [0.1, 0.15) is 29.1 Å². The molecule has 0 unspecified atom stereocenters. The molecule has 6 fully saturated rings. The molecular formula is C78H100N7NaO8. The van der Waals surface area contributed by atoms with Crippen LogP contribution in [0.2, 0.25) is 0 Å². The molecular weight excluding hydrogens is 1190 g/mol. The number of para-hydroxylation sites is 2. The number of fused-ring (bicyclic) bond motifs is 3. The van der Waals surface area contributed by atoms with E-state index in [0.29, 0.717) is 47.4 Å². The summed E-state index contributed by atoms with van der Waals surface area (Å²) in [5.41, 5.74) is 14.1. The van der Waals surface area contributed by atoms with Crippen molar-refractivity contribution in [2.75, 3.05) is 88.4 Å². The van der Waals surface area contributed by atoms with Gasteiger partial charge in [-0.3, -0.25) is 19.6 Å². The molecule has 0 radical (unpaired) electrons. The van der Waals surface area contributed by atoms with Gasteiger partial charge in [0.05, 0.1) is 0 Å². The molecule has 14 rings (SSSR count). The fourth-order valence-electron chi connectivity index (χ4n) is 15.9. The zero-order valence-corrected chi connectivity index (χ0v) is 58.6. The van der Waals surface area contributed by atoms with Crippen LogP contribution in [0.4, 0.5) is 17.1 Å². The Labute approximate surface area is 578 Å². The molecule has 4 saturated carbocycles. The van der Waals surface area contributed by atoms with Crippen LogP contribution in [-0.4, -0.2) is 116 Å². The molecule has 2 saturated heterocycles. The first-order valence-corrected chi connectivity index (χ1v) is 35.1. The molecule has 8 aromatic rings. The number of ether oxygens (including phenoxy) is 1. The van der Waals surface area contributed by atoms with Crippen LogP contribution in [0.3, 0.4) is 0 Å². The van der Waals surface area contributed by atoms with Crippen LogP contribution in [0.5, 0.6) is 11.5 Å². The number of aryl methyl sites for hydroxylation is 3. The van der Waals surface area contributed by atoms with Crippen LogP contribution in [0, 0.1) is 20.8 Å². The van der Waals surface area contributed by atoms with Crippen LogP contribution < -0.4 is 72.6 Å². The standard InChI is InChI=1S/C34H45N3O3.C22H34N2O.C12H13NO2.C10H9NO2.Na/c1-25-23-34(38)40-33-24-27(13-16-30(25)33)35-17-22-39-32-10-6-5-9-31(32)26-11-14-29(15-12-26)37-20-18-36(19-21-37)28-7-3-2-4-8-28;25-22-9-5-4-8-21(22)18-10-12-20(13-11-18)24-16-14-23(15-17-24)19-6-2-1-3-7-19;1-3-13-9-4-5-10-8(2)6-12(14)15-11(10)7-9;1-6-4-10(12)13-9-5-7(11)2-3-8(6)9;/h5-6,9-10,13,16,23-24,26,28-29,35H,2-4,7-8,11-12,14-15,17-22H2,1H3;4-5,8-9,18-20,25H,1-3,6-7,10-17H2;4-7,13H,3H2,1-2H3;2-5H,11H2,1H3;/q;;;;+1/p-1. The van der Waals surface area contributed by atoms with E-state index in [1.165, 1.54) is 192 Å². The first-order chi connectivity index (χ1) is 45.3. The van der Waals surface area contributed by atoms with E-state index in [0.717, 1.165) is 86.2 Å². The van der Waals surface area contributed by atoms with Crippen molar-refractivity contribution in [1.29, 1.82) is 0 Å². The summed E-state index contributed by atoms with van der Waals surface area (Å²) in [5, 5.41) is 21.5. The fraction of sp³-hybridized carbons (Fsp3) is 0.500. The predicted octanol–water partition coefficient (Wildman–Crippen LogP) is 11.5. The second-order valence-electron chi connectivity index (χ2n) is 27.0. The summed E-state index contributed by atoms with van der Waals surface area (Å²) in [6.45, 7) is 19.9. The fourth-order valence-corrected chi connectivity index (χ4v) is 15.9. The molecule has 15 nitrogen and oxygen atoms in total. The quantitative estimate of drug-likeness (QED) is 0.0428. The number of nitrogen functional groups attached to an aromatic ring is 1. The van der Waals surface area contributed by atoms with Crippen molar-refractivity contribution in [2.24, 2.45) is 0 Å². The molecule has 5 aromatic carbocycles. The molecule has 6 aliphatic rings. The van der Waals surface area contributed by atoms with Gasteiger partial charge < -0.3 is 39.5 Å². The second-order valence-corrected chi connectivity index (χ2v) is 27.0. The van der Waals surface area contributed by atoms with Gasteiger partial charge in [-0.2, -0.15) is 0 Å². The SMILES string of the molecule is CCNc1ccc2c(C)cc(=O)oc2c1.Cc1cc(=O)oc2cc(N)ccc12.Cc1cc(=O)oc2cc(NCCOc3ccccc3C3CCC(N4CCN(C5CCCCC5)CC4)CC3)ccc12.[Na+].[O-]c1ccccc1C1CCC(N2CCN(C3CCCCC3)CC2)CC1. The van der Waals surface area contributed by atoms with Gasteiger partial charge in [0.2, 0.25) is 0 Å². The summed E-state index contributed by atoms with van der Waals surface area (Å²) in [6, 6.07) is 41.1. The van der Waals surface area contributed by atoms with E-state index in [1.807, 2.05) is 82.3 Å². The van der Waals surface area contributed by atoms with Gasteiger partial charge in [-0.15, -0.1) is 5.75 Å². The Balaban J connectivity index is 0.000000151. The smallest absolute Gasteiger partial charge is 0.872 e. The maximum atomic E-state index is 12.1. The Morgan fingerprint density at radius 2 is 0.840 bits per heavy atom. The van der Waals surface area contributed by atoms with E-state index in [4.69, 9.17) is 23.7 Å². The average molecular weight is 1290 g/mol. The molecule has 0 spiro atoms. The third-order valence-corrected chi connectivity index (χ3v) is 21.0. The summed E-state index contributed by atoms with van der Waals surface area (Å²) < 4.78 is 21.8. The number of benzene rings is 5. The van der Waals surface area contributed by atoms with Gasteiger partial charge in [0.15, 0.2) is 0 Å². The van der Waals surface area contributed by atoms with Crippen molar-refractivity contribution in [3.8, 4) is 11.5 Å². The van der Waals surface area contributed by atoms with Crippen LogP contribution >= 0.6 is 0 Å². The minimum Gasteiger partial charge on any atom is -0.872 e. The van der Waals surface area contributed by atoms with E-state index in [9.17, 15) is 19.5 Å². The van der Waals surface area contributed by atoms with E-state index >= 15 is 0 Å². The van der Waals surface area contributed by atoms with Crippen molar-refractivity contribution < 1.29 is 52.7 Å². The van der Waals surface area contributed by atoms with Crippen LogP contribution in [0.25, 0.3) is 32.9 Å². The van der Waals surface area contributed by atoms with Crippen molar-refractivity contribution in [2.45, 2.75) is 179 Å². The van der Waals surface area contributed by atoms with Gasteiger partial charge in [-0.1, -0.05) is 86.6 Å². The molecule has 5 heterocycles. The molecule has 16 heteroatoms. The number of hydrogen-bond acceptors (Lipinski definition) is 15. The summed E-state index contributed by atoms with van der Waals surface area (Å²) in [5.74, 6) is 2.34. The number of piperazine rings is 2. The predicted molar refractivity (Wildman–Crippen MR) is 377 cm³/mol. The van der Waals surface area contributed by atoms with Gasteiger partial charge in [0.25, 0.3) is 0 Å². The summed E-state index contributed by atoms with van der Waals surface area (Å²) in [6.07, 6.45) is 24.3. The first kappa shape index (κ1) is 70.4. The topological polar surface area (TPSA) is 186 Å². The van der Waals surface area contributed by atoms with Crippen molar-refractivity contribution in [3.05, 3.63) is 180 Å². The normalized spacial score (nSPS) is 21.1. The molecule has 3 aromatic heterocycles. The van der Waals surface area contributed by atoms with Crippen LogP contribution in [0.15, 0.2) is 149 Å². The number of nitrogens with one attached hydrogen (secondary N) is 2. The number of hydrogen-bond donors (Lipinski definition) is 3. The summed E-state index contributed by atoms with van der Waals surface area (Å²) >= 11 is 0. The average Bonchev–Trinajstić information content (AvgIpc) is 0.964. The van der Waals surface area contributed by atoms with Crippen LogP contribution in [-0.2, 0) is 0 Å². The molecule has 4 N–H and O–H groups in total. The van der Waals surface area contributed by atoms with Crippen LogP contribution in [0.1, 0.15) is 162 Å². The monoisotopic (exact) mass is 1290 g/mol. The molecule has 496 valence electrons. The van der Waals surface area contributed by atoms with Gasteiger partial charge in [-0.25, -0.2) is 14.4 Å². The second kappa shape index (κ2) is 34.5. The Morgan fingerprint density at radius 3 is 1.29 bits per heavy atom. The van der Waals surface area contributed by atoms with Crippen molar-refractivity contribution in [1.82, 2.24) is 19.6 Å². The molecule has 4 aliphatic carbocycles. The number of anilines is 3. The minimum absolute atomic E-state index is 0. The first-order valence-electron chi connectivity index (χ1n) is 35.1. The third-order valence-electron chi connectivity index (χ3n) is 21.0. The molecule has 94 heavy (non-hydrogen) atoms. The van der Waals surface area contributed by atoms with Crippen molar-refractivity contribution >= 4 is 50.0 Å². The maximum absolute atomic E-state index is 12.1. The van der Waals surface area contributed by atoms with Gasteiger partial charge in [0, 0.05) is 159 Å². The van der Waals surface area contributed by atoms with E-state index in [-0.39, 0.29) is 52.2 Å². The largest absolute Gasteiger partial charge is 1.00 e. The zero-order valence-electron chi connectivity index (χ0n) is 56.6. The van der Waals surface area contributed by atoms with E-state index in [2.05, 4.69) is 60.6 Å². The number of rotatable bonds is 13. The molecule has 2 aliphatic heterocycles. The molecule has 0 bridgehead atoms. The summed E-state index contributed by atoms with van der Waals surface area (Å²) in [7, 11) is 0. The maximum Gasteiger partial charge on any atom is 1.00 e. The number of nitrogens with two attached hydrogens (primary N) is 1. The zero-order chi connectivity index (χ0) is 64.6. The Hall–Kier alpha value is -6.43. The molecule has 0 amide bonds. The minimum atomic E-state index is -0.337. The Bertz CT molecular complexity index is 3880. The third kappa shape index (κ3) is 18.8.